The third-order valence-corrected chi connectivity index (χ3v) is 3.76. The van der Waals surface area contributed by atoms with Gasteiger partial charge in [0.1, 0.15) is 12.6 Å². The van der Waals surface area contributed by atoms with Gasteiger partial charge in [-0.15, -0.1) is 0 Å². The zero-order valence-corrected chi connectivity index (χ0v) is 12.3. The van der Waals surface area contributed by atoms with E-state index in [1.165, 1.54) is 4.90 Å². The lowest BCUT2D eigenvalue weighted by Gasteiger charge is -2.23. The van der Waals surface area contributed by atoms with Crippen molar-refractivity contribution >= 4 is 23.1 Å². The highest BCUT2D eigenvalue weighted by Gasteiger charge is 2.29. The molecule has 1 heterocycles. The highest BCUT2D eigenvalue weighted by molar-refractivity contribution is 6.07. The Hall–Kier alpha value is -2.92. The Bertz CT molecular complexity index is 784. The molecule has 5 heteroatoms. The van der Waals surface area contributed by atoms with Crippen LogP contribution in [0.25, 0.3) is 5.57 Å². The predicted octanol–water partition coefficient (Wildman–Crippen LogP) is 1.88. The molecule has 1 aliphatic heterocycles. The van der Waals surface area contributed by atoms with Crippen molar-refractivity contribution in [2.75, 3.05) is 11.4 Å². The van der Waals surface area contributed by atoms with E-state index in [0.29, 0.717) is 5.69 Å². The number of aliphatic carboxylic acids is 1. The Labute approximate surface area is 133 Å². The number of hydrogen-bond acceptors (Lipinski definition) is 3. The monoisotopic (exact) mass is 308 g/mol. The van der Waals surface area contributed by atoms with Crippen molar-refractivity contribution in [3.05, 3.63) is 71.8 Å². The molecule has 0 fully saturated rings. The summed E-state index contributed by atoms with van der Waals surface area (Å²) in [6.45, 7) is -0.417. The van der Waals surface area contributed by atoms with Gasteiger partial charge in [-0.1, -0.05) is 48.5 Å². The molecule has 1 unspecified atom stereocenters. The maximum Gasteiger partial charge on any atom is 0.323 e. The molecule has 23 heavy (non-hydrogen) atoms. The number of hydrogen-bond donors (Lipinski definition) is 2. The summed E-state index contributed by atoms with van der Waals surface area (Å²) in [5.74, 6) is -1.51. The third kappa shape index (κ3) is 2.86. The predicted molar refractivity (Wildman–Crippen MR) is 87.9 cm³/mol. The number of rotatable bonds is 3. The molecule has 0 saturated carbocycles. The quantitative estimate of drug-likeness (QED) is 0.907. The third-order valence-electron chi connectivity index (χ3n) is 3.76. The highest BCUT2D eigenvalue weighted by Crippen LogP contribution is 2.34. The number of anilines is 1. The van der Waals surface area contributed by atoms with Gasteiger partial charge in [0, 0.05) is 5.56 Å². The normalized spacial score (nSPS) is 17.3. The molecule has 3 N–H and O–H groups in total. The fourth-order valence-electron chi connectivity index (χ4n) is 2.74. The van der Waals surface area contributed by atoms with Gasteiger partial charge in [0.25, 0.3) is 0 Å². The van der Waals surface area contributed by atoms with Crippen molar-refractivity contribution in [2.45, 2.75) is 6.04 Å². The average Bonchev–Trinajstić information content (AvgIpc) is 2.66. The lowest BCUT2D eigenvalue weighted by molar-refractivity contribution is -0.136. The van der Waals surface area contributed by atoms with E-state index in [9.17, 15) is 9.59 Å². The highest BCUT2D eigenvalue weighted by atomic mass is 16.4. The summed E-state index contributed by atoms with van der Waals surface area (Å²) in [4.78, 5) is 24.9. The van der Waals surface area contributed by atoms with E-state index in [2.05, 4.69) is 0 Å². The minimum Gasteiger partial charge on any atom is -0.480 e. The largest absolute Gasteiger partial charge is 0.480 e. The van der Waals surface area contributed by atoms with Crippen LogP contribution in [0.4, 0.5) is 5.69 Å². The van der Waals surface area contributed by atoms with Gasteiger partial charge in [-0.2, -0.15) is 0 Å². The second-order valence-electron chi connectivity index (χ2n) is 5.31. The van der Waals surface area contributed by atoms with Crippen LogP contribution in [0.3, 0.4) is 0 Å². The maximum atomic E-state index is 12.5. The molecule has 0 bridgehead atoms. The SMILES string of the molecule is NC1C=C(c2ccccc2)c2ccccc2N(CC(=O)O)C1=O. The van der Waals surface area contributed by atoms with E-state index in [1.807, 2.05) is 42.5 Å². The molecule has 3 rings (SSSR count). The lowest BCUT2D eigenvalue weighted by Crippen LogP contribution is -2.44. The van der Waals surface area contributed by atoms with E-state index in [1.54, 1.807) is 18.2 Å². The number of fused-ring (bicyclic) bond motifs is 1. The van der Waals surface area contributed by atoms with Gasteiger partial charge in [-0.3, -0.25) is 14.5 Å². The molecule has 2 aromatic rings. The van der Waals surface area contributed by atoms with Gasteiger partial charge in [0.2, 0.25) is 5.91 Å². The molecule has 0 aromatic heterocycles. The Morgan fingerprint density at radius 1 is 1.09 bits per heavy atom. The van der Waals surface area contributed by atoms with Crippen molar-refractivity contribution < 1.29 is 14.7 Å². The van der Waals surface area contributed by atoms with Gasteiger partial charge < -0.3 is 10.8 Å². The van der Waals surface area contributed by atoms with E-state index >= 15 is 0 Å². The summed E-state index contributed by atoms with van der Waals surface area (Å²) >= 11 is 0. The summed E-state index contributed by atoms with van der Waals surface area (Å²) in [5, 5.41) is 9.12. The Morgan fingerprint density at radius 2 is 1.74 bits per heavy atom. The van der Waals surface area contributed by atoms with E-state index in [-0.39, 0.29) is 0 Å². The van der Waals surface area contributed by atoms with Crippen molar-refractivity contribution in [3.8, 4) is 0 Å². The van der Waals surface area contributed by atoms with Crippen LogP contribution in [0, 0.1) is 0 Å². The molecule has 0 spiro atoms. The number of para-hydroxylation sites is 1. The summed E-state index contributed by atoms with van der Waals surface area (Å²) in [7, 11) is 0. The van der Waals surface area contributed by atoms with E-state index in [0.717, 1.165) is 16.7 Å². The number of carboxylic acids is 1. The van der Waals surface area contributed by atoms with Crippen LogP contribution >= 0.6 is 0 Å². The molecule has 5 nitrogen and oxygen atoms in total. The molecule has 0 aliphatic carbocycles. The van der Waals surface area contributed by atoms with Gasteiger partial charge in [0.15, 0.2) is 0 Å². The standard InChI is InChI=1S/C18H16N2O3/c19-15-10-14(12-6-2-1-3-7-12)13-8-4-5-9-16(13)20(18(15)23)11-17(21)22/h1-10,15H,11,19H2,(H,21,22). The number of benzene rings is 2. The molecule has 116 valence electrons. The zero-order chi connectivity index (χ0) is 16.4. The number of carbonyl (C=O) groups excluding carboxylic acids is 1. The first-order chi connectivity index (χ1) is 11.1. The number of carbonyl (C=O) groups is 2. The van der Waals surface area contributed by atoms with Crippen LogP contribution < -0.4 is 10.6 Å². The average molecular weight is 308 g/mol. The number of carboxylic acid groups (broad SMARTS) is 1. The first-order valence-corrected chi connectivity index (χ1v) is 7.23. The smallest absolute Gasteiger partial charge is 0.323 e. The Balaban J connectivity index is 2.20. The molecule has 1 aliphatic rings. The topological polar surface area (TPSA) is 83.6 Å². The Kier molecular flexibility index (Phi) is 3.95. The van der Waals surface area contributed by atoms with Crippen molar-refractivity contribution in [1.82, 2.24) is 0 Å². The van der Waals surface area contributed by atoms with Crippen LogP contribution in [0.2, 0.25) is 0 Å². The Morgan fingerprint density at radius 3 is 2.43 bits per heavy atom. The summed E-state index contributed by atoms with van der Waals surface area (Å²) in [5.41, 5.74) is 9.10. The minimum absolute atomic E-state index is 0.417. The van der Waals surface area contributed by atoms with Crippen LogP contribution in [0.1, 0.15) is 11.1 Å². The molecular formula is C18H16N2O3. The van der Waals surface area contributed by atoms with Crippen LogP contribution in [-0.2, 0) is 9.59 Å². The minimum atomic E-state index is -1.08. The zero-order valence-electron chi connectivity index (χ0n) is 12.3. The molecule has 2 aromatic carbocycles. The van der Waals surface area contributed by atoms with Gasteiger partial charge in [0.05, 0.1) is 5.69 Å². The fourth-order valence-corrected chi connectivity index (χ4v) is 2.74. The number of nitrogens with two attached hydrogens (primary N) is 1. The van der Waals surface area contributed by atoms with Gasteiger partial charge in [-0.25, -0.2) is 0 Å². The van der Waals surface area contributed by atoms with Crippen molar-refractivity contribution in [3.63, 3.8) is 0 Å². The summed E-state index contributed by atoms with van der Waals surface area (Å²) in [6, 6.07) is 16.0. The number of amides is 1. The molecule has 0 saturated heterocycles. The summed E-state index contributed by atoms with van der Waals surface area (Å²) < 4.78 is 0. The molecule has 1 amide bonds. The lowest BCUT2D eigenvalue weighted by atomic mass is 9.95. The van der Waals surface area contributed by atoms with Gasteiger partial charge in [-0.05, 0) is 23.3 Å². The van der Waals surface area contributed by atoms with E-state index < -0.39 is 24.5 Å². The van der Waals surface area contributed by atoms with Crippen LogP contribution in [-0.4, -0.2) is 29.6 Å². The van der Waals surface area contributed by atoms with Crippen LogP contribution in [0.15, 0.2) is 60.7 Å². The van der Waals surface area contributed by atoms with Crippen molar-refractivity contribution in [2.24, 2.45) is 5.73 Å². The van der Waals surface area contributed by atoms with Crippen molar-refractivity contribution in [1.29, 1.82) is 0 Å². The molecule has 0 radical (unpaired) electrons. The van der Waals surface area contributed by atoms with Crippen LogP contribution in [0.5, 0.6) is 0 Å². The van der Waals surface area contributed by atoms with E-state index in [4.69, 9.17) is 10.8 Å². The first-order valence-electron chi connectivity index (χ1n) is 7.23. The number of nitrogens with zero attached hydrogens (tertiary/aromatic N) is 1. The fraction of sp³-hybridized carbons (Fsp3) is 0.111. The second-order valence-corrected chi connectivity index (χ2v) is 5.31. The second kappa shape index (κ2) is 6.06. The molecule has 1 atom stereocenters. The first kappa shape index (κ1) is 15.0. The summed E-state index contributed by atoms with van der Waals surface area (Å²) in [6.07, 6.45) is 1.69. The molecular weight excluding hydrogens is 292 g/mol. The maximum absolute atomic E-state index is 12.5. The van der Waals surface area contributed by atoms with Gasteiger partial charge >= 0.3 is 5.97 Å².